The molecule has 0 amide bonds. The van der Waals surface area contributed by atoms with Crippen molar-refractivity contribution < 1.29 is 14.3 Å². The molecule has 0 N–H and O–H groups in total. The first-order valence-corrected chi connectivity index (χ1v) is 9.06. The molecule has 26 heavy (non-hydrogen) atoms. The summed E-state index contributed by atoms with van der Waals surface area (Å²) >= 11 is 1.56. The monoisotopic (exact) mass is 368 g/mol. The molecular formula is C21H20O4S. The number of benzene rings is 2. The van der Waals surface area contributed by atoms with Crippen LogP contribution in [-0.4, -0.2) is 18.2 Å². The molecule has 0 radical (unpaired) electrons. The van der Waals surface area contributed by atoms with Crippen molar-refractivity contribution >= 4 is 37.5 Å². The van der Waals surface area contributed by atoms with E-state index in [0.29, 0.717) is 16.5 Å². The van der Waals surface area contributed by atoms with Crippen molar-refractivity contribution in [3.05, 3.63) is 64.8 Å². The van der Waals surface area contributed by atoms with Crippen molar-refractivity contribution in [1.82, 2.24) is 0 Å². The van der Waals surface area contributed by atoms with Gasteiger partial charge in [-0.1, -0.05) is 18.7 Å². The summed E-state index contributed by atoms with van der Waals surface area (Å²) in [5, 5.41) is 1.30. The van der Waals surface area contributed by atoms with Crippen LogP contribution in [0.25, 0.3) is 20.2 Å². The molecule has 4 nitrogen and oxygen atoms in total. The summed E-state index contributed by atoms with van der Waals surface area (Å²) in [7, 11) is 0. The number of carbonyl (C=O) groups excluding carboxylic acids is 1. The van der Waals surface area contributed by atoms with E-state index in [1.807, 2.05) is 30.3 Å². The minimum absolute atomic E-state index is 0.00558. The zero-order valence-electron chi connectivity index (χ0n) is 15.0. The van der Waals surface area contributed by atoms with E-state index in [2.05, 4.69) is 6.58 Å². The Morgan fingerprint density at radius 2 is 1.77 bits per heavy atom. The summed E-state index contributed by atoms with van der Waals surface area (Å²) in [6.07, 6.45) is 0. The zero-order valence-corrected chi connectivity index (χ0v) is 15.8. The molecule has 3 rings (SSSR count). The van der Waals surface area contributed by atoms with Crippen molar-refractivity contribution in [3.63, 3.8) is 0 Å². The quantitative estimate of drug-likeness (QED) is 0.381. The highest BCUT2D eigenvalue weighted by atomic mass is 32.1. The fraction of sp³-hybridized carbons (Fsp3) is 0.238. The van der Waals surface area contributed by atoms with E-state index < -0.39 is 11.6 Å². The summed E-state index contributed by atoms with van der Waals surface area (Å²) in [4.78, 5) is 24.6. The van der Waals surface area contributed by atoms with Crippen LogP contribution < -0.4 is 10.2 Å². The van der Waals surface area contributed by atoms with Gasteiger partial charge in [0.25, 0.3) is 0 Å². The smallest absolute Gasteiger partial charge is 0.337 e. The first-order valence-electron chi connectivity index (χ1n) is 8.24. The number of ether oxygens (including phenoxy) is 2. The molecule has 1 aromatic heterocycles. The maximum atomic E-state index is 12.7. The molecule has 0 spiro atoms. The predicted octanol–water partition coefficient (Wildman–Crippen LogP) is 4.69. The molecule has 1 heterocycles. The van der Waals surface area contributed by atoms with Crippen LogP contribution in [0.5, 0.6) is 5.75 Å². The van der Waals surface area contributed by atoms with E-state index in [1.165, 1.54) is 0 Å². The standard InChI is InChI=1S/C21H20O4S/c1-13(20(23)25-21(2,3)4)12-24-14-9-10-18-16(11-14)19(22)15-7-5-6-8-17(15)26-18/h5-11H,1,12H2,2-4H3. The van der Waals surface area contributed by atoms with Gasteiger partial charge in [-0.25, -0.2) is 4.79 Å². The highest BCUT2D eigenvalue weighted by Crippen LogP contribution is 2.27. The van der Waals surface area contributed by atoms with Gasteiger partial charge in [0.1, 0.15) is 18.0 Å². The van der Waals surface area contributed by atoms with Crippen LogP contribution in [0, 0.1) is 0 Å². The molecule has 5 heteroatoms. The van der Waals surface area contributed by atoms with E-state index in [-0.39, 0.29) is 17.6 Å². The molecule has 0 saturated heterocycles. The fourth-order valence-corrected chi connectivity index (χ4v) is 3.50. The average molecular weight is 368 g/mol. The molecule has 0 aliphatic heterocycles. The van der Waals surface area contributed by atoms with Gasteiger partial charge in [0.05, 0.1) is 5.57 Å². The lowest BCUT2D eigenvalue weighted by Crippen LogP contribution is -2.26. The maximum Gasteiger partial charge on any atom is 0.337 e. The largest absolute Gasteiger partial charge is 0.489 e. The number of rotatable bonds is 4. The van der Waals surface area contributed by atoms with Crippen LogP contribution in [-0.2, 0) is 9.53 Å². The number of fused-ring (bicyclic) bond motifs is 2. The lowest BCUT2D eigenvalue weighted by atomic mass is 10.2. The highest BCUT2D eigenvalue weighted by Gasteiger charge is 2.19. The topological polar surface area (TPSA) is 52.6 Å². The molecule has 0 saturated carbocycles. The first kappa shape index (κ1) is 18.1. The van der Waals surface area contributed by atoms with Crippen LogP contribution in [0.4, 0.5) is 0 Å². The van der Waals surface area contributed by atoms with Crippen molar-refractivity contribution in [2.45, 2.75) is 26.4 Å². The van der Waals surface area contributed by atoms with E-state index >= 15 is 0 Å². The number of hydrogen-bond acceptors (Lipinski definition) is 5. The summed E-state index contributed by atoms with van der Waals surface area (Å²) in [6.45, 7) is 9.11. The normalized spacial score (nSPS) is 11.5. The highest BCUT2D eigenvalue weighted by molar-refractivity contribution is 7.24. The van der Waals surface area contributed by atoms with Crippen LogP contribution in [0.15, 0.2) is 59.4 Å². The number of carbonyl (C=O) groups is 1. The Labute approximate surface area is 155 Å². The van der Waals surface area contributed by atoms with Crippen molar-refractivity contribution in [2.75, 3.05) is 6.61 Å². The Bertz CT molecular complexity index is 1060. The minimum atomic E-state index is -0.580. The molecule has 0 atom stereocenters. The zero-order chi connectivity index (χ0) is 18.9. The lowest BCUT2D eigenvalue weighted by molar-refractivity contribution is -0.150. The van der Waals surface area contributed by atoms with Gasteiger partial charge in [-0.15, -0.1) is 11.3 Å². The van der Waals surface area contributed by atoms with E-state index in [4.69, 9.17) is 9.47 Å². The van der Waals surface area contributed by atoms with E-state index in [1.54, 1.807) is 44.2 Å². The van der Waals surface area contributed by atoms with Gasteiger partial charge in [-0.05, 0) is 51.1 Å². The molecule has 2 aromatic carbocycles. The Morgan fingerprint density at radius 3 is 2.50 bits per heavy atom. The molecule has 3 aromatic rings. The molecule has 0 unspecified atom stereocenters. The summed E-state index contributed by atoms with van der Waals surface area (Å²) in [5.74, 6) is 0.0257. The molecule has 0 fully saturated rings. The van der Waals surface area contributed by atoms with Crippen molar-refractivity contribution in [3.8, 4) is 5.75 Å². The van der Waals surface area contributed by atoms with Gasteiger partial charge in [0.15, 0.2) is 5.43 Å². The minimum Gasteiger partial charge on any atom is -0.489 e. The number of esters is 1. The van der Waals surface area contributed by atoms with Gasteiger partial charge < -0.3 is 9.47 Å². The maximum absolute atomic E-state index is 12.7. The van der Waals surface area contributed by atoms with Gasteiger partial charge in [0.2, 0.25) is 0 Å². The van der Waals surface area contributed by atoms with Crippen LogP contribution >= 0.6 is 11.3 Å². The Kier molecular flexibility index (Phi) is 4.83. The van der Waals surface area contributed by atoms with Crippen LogP contribution in [0.3, 0.4) is 0 Å². The number of hydrogen-bond donors (Lipinski definition) is 0. The van der Waals surface area contributed by atoms with Gasteiger partial charge >= 0.3 is 5.97 Å². The Morgan fingerprint density at radius 1 is 1.08 bits per heavy atom. The fourth-order valence-electron chi connectivity index (χ4n) is 2.45. The molecule has 0 bridgehead atoms. The molecule has 0 aliphatic rings. The van der Waals surface area contributed by atoms with Gasteiger partial charge in [-0.3, -0.25) is 4.79 Å². The van der Waals surface area contributed by atoms with Crippen molar-refractivity contribution in [1.29, 1.82) is 0 Å². The third kappa shape index (κ3) is 3.94. The summed E-state index contributed by atoms with van der Waals surface area (Å²) in [6, 6.07) is 12.9. The van der Waals surface area contributed by atoms with Crippen molar-refractivity contribution in [2.24, 2.45) is 0 Å². The van der Waals surface area contributed by atoms with Crippen LogP contribution in [0.2, 0.25) is 0 Å². The lowest BCUT2D eigenvalue weighted by Gasteiger charge is -2.20. The second-order valence-corrected chi connectivity index (χ2v) is 8.06. The van der Waals surface area contributed by atoms with Gasteiger partial charge in [-0.2, -0.15) is 0 Å². The van der Waals surface area contributed by atoms with Gasteiger partial charge in [0, 0.05) is 20.2 Å². The van der Waals surface area contributed by atoms with E-state index in [9.17, 15) is 9.59 Å². The Hall–Kier alpha value is -2.66. The SMILES string of the molecule is C=C(COc1ccc2sc3ccccc3c(=O)c2c1)C(=O)OC(C)(C)C. The van der Waals surface area contributed by atoms with E-state index in [0.717, 1.165) is 9.40 Å². The Balaban J connectivity index is 1.82. The third-order valence-electron chi connectivity index (χ3n) is 3.65. The second kappa shape index (κ2) is 6.92. The first-order chi connectivity index (χ1) is 12.2. The molecule has 0 aliphatic carbocycles. The predicted molar refractivity (Wildman–Crippen MR) is 106 cm³/mol. The summed E-state index contributed by atoms with van der Waals surface area (Å²) < 4.78 is 12.8. The van der Waals surface area contributed by atoms with Crippen LogP contribution in [0.1, 0.15) is 20.8 Å². The summed E-state index contributed by atoms with van der Waals surface area (Å²) in [5.41, 5.74) is -0.377. The average Bonchev–Trinajstić information content (AvgIpc) is 2.58. The molecule has 134 valence electrons. The molecular weight excluding hydrogens is 348 g/mol. The second-order valence-electron chi connectivity index (χ2n) is 6.98. The third-order valence-corrected chi connectivity index (χ3v) is 4.80.